The van der Waals surface area contributed by atoms with Gasteiger partial charge >= 0.3 is 0 Å². The highest BCUT2D eigenvalue weighted by molar-refractivity contribution is 7.99. The first kappa shape index (κ1) is 36.9. The topological polar surface area (TPSA) is 24.3 Å². The van der Waals surface area contributed by atoms with E-state index >= 15 is 0 Å². The van der Waals surface area contributed by atoms with Gasteiger partial charge in [-0.2, -0.15) is 0 Å². The molecule has 0 amide bonds. The fraction of sp³-hybridized carbons (Fsp3) is 0.354. The first-order chi connectivity index (χ1) is 24.8. The minimum atomic E-state index is -0.00276. The molecule has 0 N–H and O–H groups in total. The van der Waals surface area contributed by atoms with Crippen LogP contribution in [0.4, 0.5) is 11.4 Å². The van der Waals surface area contributed by atoms with E-state index in [4.69, 9.17) is 4.98 Å². The molecule has 0 saturated carbocycles. The van der Waals surface area contributed by atoms with Gasteiger partial charge in [-0.25, -0.2) is 4.98 Å². The van der Waals surface area contributed by atoms with Crippen LogP contribution in [0.15, 0.2) is 119 Å². The standard InChI is InChI=1S/C48H56N4S/c1-45(2,3)32-19-20-49-44(28-32)52-42-16-14-13-15-40(42)41-18-17-38(30-43(41)52)53-39-27-35(48(10,11)12)26-37(29-39)51-22-21-50(31-51)36-24-33(46(4,5)6)23-34(25-36)47(7,8)9/h13-30H,31H2,1-12H3. The molecule has 4 nitrogen and oxygen atoms in total. The Kier molecular flexibility index (Phi) is 9.13. The van der Waals surface area contributed by atoms with Gasteiger partial charge in [-0.05, 0) is 105 Å². The van der Waals surface area contributed by atoms with Crippen LogP contribution in [0.25, 0.3) is 27.6 Å². The van der Waals surface area contributed by atoms with Crippen molar-refractivity contribution in [3.8, 4) is 5.82 Å². The molecule has 5 heteroatoms. The maximum atomic E-state index is 4.91. The SMILES string of the molecule is CC(C)(C)c1cc(Sc2ccc3c4ccccc4n(-c4cc(C(C)(C)C)ccn4)c3c2)cc(N2C=CN(c3cc(C(C)(C)C)cc(C(C)(C)C)c3)C2)c1. The average Bonchev–Trinajstić information content (AvgIpc) is 3.70. The zero-order valence-corrected chi connectivity index (χ0v) is 34.6. The lowest BCUT2D eigenvalue weighted by molar-refractivity contribution is 0.568. The minimum absolute atomic E-state index is 0.00276. The molecule has 274 valence electrons. The smallest absolute Gasteiger partial charge is 0.137 e. The van der Waals surface area contributed by atoms with E-state index in [9.17, 15) is 0 Å². The van der Waals surface area contributed by atoms with Crippen LogP contribution in [-0.2, 0) is 21.7 Å². The molecule has 0 radical (unpaired) electrons. The number of hydrogen-bond acceptors (Lipinski definition) is 4. The fourth-order valence-corrected chi connectivity index (χ4v) is 7.99. The zero-order chi connectivity index (χ0) is 38.1. The second kappa shape index (κ2) is 13.1. The second-order valence-electron chi connectivity index (χ2n) is 18.9. The van der Waals surface area contributed by atoms with E-state index in [1.54, 1.807) is 0 Å². The number of fused-ring (bicyclic) bond motifs is 3. The summed E-state index contributed by atoms with van der Waals surface area (Å²) in [6, 6.07) is 34.2. The summed E-state index contributed by atoms with van der Waals surface area (Å²) in [5, 5.41) is 2.48. The van der Waals surface area contributed by atoms with Crippen molar-refractivity contribution >= 4 is 44.9 Å². The van der Waals surface area contributed by atoms with E-state index in [1.807, 2.05) is 18.0 Å². The Morgan fingerprint density at radius 1 is 0.491 bits per heavy atom. The number of hydrogen-bond donors (Lipinski definition) is 0. The molecular weight excluding hydrogens is 665 g/mol. The van der Waals surface area contributed by atoms with Crippen molar-refractivity contribution in [2.45, 2.75) is 115 Å². The Morgan fingerprint density at radius 3 is 1.64 bits per heavy atom. The number of anilines is 2. The summed E-state index contributed by atoms with van der Waals surface area (Å²) < 4.78 is 2.34. The lowest BCUT2D eigenvalue weighted by Gasteiger charge is -2.29. The highest BCUT2D eigenvalue weighted by Crippen LogP contribution is 2.41. The van der Waals surface area contributed by atoms with Gasteiger partial charge in [0.05, 0.1) is 17.7 Å². The molecule has 0 fully saturated rings. The highest BCUT2D eigenvalue weighted by atomic mass is 32.2. The maximum absolute atomic E-state index is 4.91. The molecule has 1 aliphatic rings. The highest BCUT2D eigenvalue weighted by Gasteiger charge is 2.25. The third-order valence-corrected chi connectivity index (χ3v) is 11.5. The molecule has 4 aromatic carbocycles. The van der Waals surface area contributed by atoms with Crippen LogP contribution in [0.3, 0.4) is 0 Å². The Labute approximate surface area is 321 Å². The lowest BCUT2D eigenvalue weighted by atomic mass is 9.80. The molecule has 0 bridgehead atoms. The van der Waals surface area contributed by atoms with Gasteiger partial charge in [0.25, 0.3) is 0 Å². The van der Waals surface area contributed by atoms with Crippen molar-refractivity contribution in [1.82, 2.24) is 9.55 Å². The van der Waals surface area contributed by atoms with E-state index in [2.05, 4.69) is 201 Å². The number of rotatable bonds is 5. The molecule has 53 heavy (non-hydrogen) atoms. The van der Waals surface area contributed by atoms with Crippen molar-refractivity contribution in [1.29, 1.82) is 0 Å². The van der Waals surface area contributed by atoms with E-state index < -0.39 is 0 Å². The maximum Gasteiger partial charge on any atom is 0.137 e. The van der Waals surface area contributed by atoms with E-state index in [0.717, 1.165) is 12.5 Å². The van der Waals surface area contributed by atoms with Gasteiger partial charge < -0.3 is 9.80 Å². The first-order valence-corrected chi connectivity index (χ1v) is 19.8. The van der Waals surface area contributed by atoms with Crippen molar-refractivity contribution in [3.05, 3.63) is 132 Å². The van der Waals surface area contributed by atoms with Gasteiger partial charge in [-0.15, -0.1) is 0 Å². The van der Waals surface area contributed by atoms with Gasteiger partial charge in [0.15, 0.2) is 0 Å². The Balaban J connectivity index is 1.25. The first-order valence-electron chi connectivity index (χ1n) is 19.0. The summed E-state index contributed by atoms with van der Waals surface area (Å²) in [5.74, 6) is 0.954. The largest absolute Gasteiger partial charge is 0.328 e. The zero-order valence-electron chi connectivity index (χ0n) is 33.8. The van der Waals surface area contributed by atoms with Crippen molar-refractivity contribution in [2.75, 3.05) is 16.5 Å². The Hall–Kier alpha value is -4.48. The quantitative estimate of drug-likeness (QED) is 0.177. The third-order valence-electron chi connectivity index (χ3n) is 10.5. The summed E-state index contributed by atoms with van der Waals surface area (Å²) in [6.07, 6.45) is 6.42. The van der Waals surface area contributed by atoms with Crippen LogP contribution in [0, 0.1) is 0 Å². The number of para-hydroxylation sites is 1. The lowest BCUT2D eigenvalue weighted by Crippen LogP contribution is -2.26. The number of nitrogens with zero attached hydrogens (tertiary/aromatic N) is 4. The molecule has 3 heterocycles. The molecule has 0 aliphatic carbocycles. The van der Waals surface area contributed by atoms with Gasteiger partial charge in [-0.1, -0.05) is 125 Å². The van der Waals surface area contributed by atoms with E-state index in [1.165, 1.54) is 65.2 Å². The van der Waals surface area contributed by atoms with Gasteiger partial charge in [0.2, 0.25) is 0 Å². The van der Waals surface area contributed by atoms with Crippen molar-refractivity contribution in [2.24, 2.45) is 0 Å². The van der Waals surface area contributed by atoms with Crippen LogP contribution < -0.4 is 9.80 Å². The molecule has 7 rings (SSSR count). The monoisotopic (exact) mass is 720 g/mol. The van der Waals surface area contributed by atoms with Crippen molar-refractivity contribution < 1.29 is 0 Å². The van der Waals surface area contributed by atoms with Gasteiger partial charge in [0.1, 0.15) is 5.82 Å². The second-order valence-corrected chi connectivity index (χ2v) is 20.0. The van der Waals surface area contributed by atoms with Crippen molar-refractivity contribution in [3.63, 3.8) is 0 Å². The molecule has 0 atom stereocenters. The molecule has 0 unspecified atom stereocenters. The summed E-state index contributed by atoms with van der Waals surface area (Å²) >= 11 is 1.84. The summed E-state index contributed by atoms with van der Waals surface area (Å²) in [4.78, 5) is 12.1. The third kappa shape index (κ3) is 7.51. The van der Waals surface area contributed by atoms with E-state index in [-0.39, 0.29) is 21.7 Å². The van der Waals surface area contributed by atoms with Crippen LogP contribution in [-0.4, -0.2) is 16.2 Å². The van der Waals surface area contributed by atoms with Crippen LogP contribution in [0.1, 0.15) is 105 Å². The Bertz CT molecular complexity index is 2320. The molecule has 1 aliphatic heterocycles. The summed E-state index contributed by atoms with van der Waals surface area (Å²) in [5.41, 5.74) is 10.3. The molecule has 2 aromatic heterocycles. The van der Waals surface area contributed by atoms with Crippen LogP contribution in [0.2, 0.25) is 0 Å². The van der Waals surface area contributed by atoms with E-state index in [0.29, 0.717) is 0 Å². The molecule has 0 spiro atoms. The van der Waals surface area contributed by atoms with Gasteiger partial charge in [-0.3, -0.25) is 4.57 Å². The number of aromatic nitrogens is 2. The Morgan fingerprint density at radius 2 is 1.04 bits per heavy atom. The molecular formula is C48H56N4S. The minimum Gasteiger partial charge on any atom is -0.328 e. The number of benzene rings is 4. The van der Waals surface area contributed by atoms with Crippen LogP contribution in [0.5, 0.6) is 0 Å². The summed E-state index contributed by atoms with van der Waals surface area (Å²) in [6.45, 7) is 28.3. The summed E-state index contributed by atoms with van der Waals surface area (Å²) in [7, 11) is 0. The predicted molar refractivity (Wildman–Crippen MR) is 229 cm³/mol. The normalized spacial score (nSPS) is 14.3. The van der Waals surface area contributed by atoms with Gasteiger partial charge in [0, 0.05) is 50.5 Å². The fourth-order valence-electron chi connectivity index (χ4n) is 7.04. The predicted octanol–water partition coefficient (Wildman–Crippen LogP) is 13.3. The molecule has 0 saturated heterocycles. The number of pyridine rings is 1. The molecule has 6 aromatic rings. The van der Waals surface area contributed by atoms with Crippen LogP contribution >= 0.6 is 11.8 Å². The average molecular weight is 721 g/mol.